The van der Waals surface area contributed by atoms with Crippen LogP contribution in [0.15, 0.2) is 29.4 Å². The fourth-order valence-corrected chi connectivity index (χ4v) is 2.58. The van der Waals surface area contributed by atoms with Gasteiger partial charge in [-0.15, -0.1) is 10.2 Å². The van der Waals surface area contributed by atoms with Crippen molar-refractivity contribution in [2.75, 3.05) is 12.3 Å². The Bertz CT molecular complexity index is 573. The summed E-state index contributed by atoms with van der Waals surface area (Å²) < 4.78 is 15.6. The summed E-state index contributed by atoms with van der Waals surface area (Å²) in [5.74, 6) is 0.741. The molecule has 1 atom stereocenters. The predicted molar refractivity (Wildman–Crippen MR) is 76.5 cm³/mol. The molecule has 2 aromatic rings. The maximum Gasteiger partial charge on any atom is 0.196 e. The average Bonchev–Trinajstić information content (AvgIpc) is 2.80. The first-order chi connectivity index (χ1) is 9.63. The lowest BCUT2D eigenvalue weighted by atomic mass is 10.3. The fraction of sp³-hybridized carbons (Fsp3) is 0.385. The van der Waals surface area contributed by atoms with Crippen molar-refractivity contribution < 1.29 is 9.50 Å². The molecule has 0 aliphatic rings. The van der Waals surface area contributed by atoms with E-state index >= 15 is 0 Å². The Kier molecular flexibility index (Phi) is 5.11. The topological polar surface area (TPSA) is 77.0 Å². The molecule has 1 aromatic heterocycles. The second-order valence-electron chi connectivity index (χ2n) is 4.38. The van der Waals surface area contributed by atoms with E-state index in [-0.39, 0.29) is 5.82 Å². The molecule has 0 aliphatic carbocycles. The quantitative estimate of drug-likeness (QED) is 0.788. The van der Waals surface area contributed by atoms with Crippen LogP contribution in [0.25, 0.3) is 5.69 Å². The molecule has 0 aliphatic heterocycles. The number of thioether (sulfide) groups is 1. The van der Waals surface area contributed by atoms with Gasteiger partial charge in [-0.3, -0.25) is 4.57 Å². The Balaban J connectivity index is 2.42. The first-order valence-corrected chi connectivity index (χ1v) is 7.32. The first-order valence-electron chi connectivity index (χ1n) is 6.33. The third-order valence-electron chi connectivity index (χ3n) is 2.62. The molecule has 0 spiro atoms. The molecule has 0 fully saturated rings. The molecule has 0 bridgehead atoms. The number of halogens is 1. The molecule has 2 rings (SSSR count). The minimum atomic E-state index is -0.469. The number of para-hydroxylation sites is 1. The van der Waals surface area contributed by atoms with E-state index in [0.717, 1.165) is 0 Å². The summed E-state index contributed by atoms with van der Waals surface area (Å²) in [6.07, 6.45) is 0.0417. The van der Waals surface area contributed by atoms with Crippen molar-refractivity contribution in [2.45, 2.75) is 24.6 Å². The zero-order chi connectivity index (χ0) is 14.5. The smallest absolute Gasteiger partial charge is 0.196 e. The molecular formula is C13H17FN4OS. The Morgan fingerprint density at radius 1 is 1.40 bits per heavy atom. The maximum absolute atomic E-state index is 14.0. The number of nitrogens with two attached hydrogens (primary N) is 1. The van der Waals surface area contributed by atoms with E-state index in [9.17, 15) is 9.50 Å². The van der Waals surface area contributed by atoms with Crippen LogP contribution < -0.4 is 5.73 Å². The van der Waals surface area contributed by atoms with Gasteiger partial charge in [0.15, 0.2) is 5.16 Å². The van der Waals surface area contributed by atoms with Gasteiger partial charge in [-0.1, -0.05) is 23.9 Å². The van der Waals surface area contributed by atoms with Crippen molar-refractivity contribution in [2.24, 2.45) is 5.73 Å². The number of aromatic nitrogens is 3. The van der Waals surface area contributed by atoms with Crippen molar-refractivity contribution in [3.05, 3.63) is 35.9 Å². The molecule has 20 heavy (non-hydrogen) atoms. The van der Waals surface area contributed by atoms with E-state index in [4.69, 9.17) is 5.73 Å². The van der Waals surface area contributed by atoms with Crippen LogP contribution in [-0.2, 0) is 6.42 Å². The van der Waals surface area contributed by atoms with Gasteiger partial charge in [0.1, 0.15) is 11.6 Å². The van der Waals surface area contributed by atoms with Gasteiger partial charge in [-0.05, 0) is 25.6 Å². The molecule has 0 amide bonds. The summed E-state index contributed by atoms with van der Waals surface area (Å²) in [4.78, 5) is 0. The van der Waals surface area contributed by atoms with Crippen LogP contribution in [0.1, 0.15) is 12.7 Å². The number of hydrogen-bond acceptors (Lipinski definition) is 5. The monoisotopic (exact) mass is 296 g/mol. The van der Waals surface area contributed by atoms with Crippen LogP contribution in [0.5, 0.6) is 0 Å². The van der Waals surface area contributed by atoms with Crippen molar-refractivity contribution in [1.29, 1.82) is 0 Å². The first kappa shape index (κ1) is 15.0. The molecule has 0 saturated carbocycles. The summed E-state index contributed by atoms with van der Waals surface area (Å²) >= 11 is 1.34. The Morgan fingerprint density at radius 3 is 2.80 bits per heavy atom. The van der Waals surface area contributed by atoms with Crippen LogP contribution in [0.3, 0.4) is 0 Å². The summed E-state index contributed by atoms with van der Waals surface area (Å²) in [7, 11) is 0. The highest BCUT2D eigenvalue weighted by Gasteiger charge is 2.16. The maximum atomic E-state index is 14.0. The average molecular weight is 296 g/mol. The number of nitrogens with zero attached hydrogens (tertiary/aromatic N) is 3. The Hall–Kier alpha value is -1.44. The number of rotatable bonds is 6. The summed E-state index contributed by atoms with van der Waals surface area (Å²) in [6, 6.07) is 6.46. The van der Waals surface area contributed by atoms with Crippen molar-refractivity contribution in [1.82, 2.24) is 14.8 Å². The highest BCUT2D eigenvalue weighted by molar-refractivity contribution is 7.99. The minimum absolute atomic E-state index is 0.343. The predicted octanol–water partition coefficient (Wildman–Crippen LogP) is 1.38. The van der Waals surface area contributed by atoms with E-state index in [1.807, 2.05) is 0 Å². The van der Waals surface area contributed by atoms with Gasteiger partial charge in [-0.2, -0.15) is 0 Å². The lowest BCUT2D eigenvalue weighted by Gasteiger charge is -2.11. The van der Waals surface area contributed by atoms with Gasteiger partial charge in [0.25, 0.3) is 0 Å². The van der Waals surface area contributed by atoms with Gasteiger partial charge < -0.3 is 10.8 Å². The zero-order valence-electron chi connectivity index (χ0n) is 11.2. The molecule has 3 N–H and O–H groups in total. The van der Waals surface area contributed by atoms with Gasteiger partial charge in [0.05, 0.1) is 11.8 Å². The summed E-state index contributed by atoms with van der Waals surface area (Å²) in [5.41, 5.74) is 5.95. The van der Waals surface area contributed by atoms with E-state index < -0.39 is 6.10 Å². The minimum Gasteiger partial charge on any atom is -0.393 e. The van der Waals surface area contributed by atoms with Gasteiger partial charge in [0.2, 0.25) is 0 Å². The van der Waals surface area contributed by atoms with E-state index in [2.05, 4.69) is 10.2 Å². The van der Waals surface area contributed by atoms with Crippen molar-refractivity contribution >= 4 is 11.8 Å². The van der Waals surface area contributed by atoms with Crippen LogP contribution in [0.4, 0.5) is 4.39 Å². The number of aliphatic hydroxyl groups is 1. The molecule has 5 nitrogen and oxygen atoms in total. The SMILES string of the molecule is C[C@@H](O)CSc1nnc(CCN)n1-c1ccccc1F. The fourth-order valence-electron chi connectivity index (χ4n) is 1.75. The zero-order valence-corrected chi connectivity index (χ0v) is 12.0. The number of aliphatic hydroxyl groups excluding tert-OH is 1. The third kappa shape index (κ3) is 3.36. The van der Waals surface area contributed by atoms with E-state index in [1.54, 1.807) is 29.7 Å². The summed E-state index contributed by atoms with van der Waals surface area (Å²) in [6.45, 7) is 2.10. The lowest BCUT2D eigenvalue weighted by molar-refractivity contribution is 0.220. The molecule has 0 unspecified atom stereocenters. The van der Waals surface area contributed by atoms with E-state index in [0.29, 0.717) is 35.4 Å². The molecule has 7 heteroatoms. The van der Waals surface area contributed by atoms with Gasteiger partial charge in [-0.25, -0.2) is 4.39 Å². The Labute approximate surface area is 121 Å². The van der Waals surface area contributed by atoms with Crippen LogP contribution in [0.2, 0.25) is 0 Å². The van der Waals surface area contributed by atoms with Crippen LogP contribution in [0, 0.1) is 5.82 Å². The van der Waals surface area contributed by atoms with Gasteiger partial charge >= 0.3 is 0 Å². The summed E-state index contributed by atoms with van der Waals surface area (Å²) in [5, 5.41) is 18.1. The van der Waals surface area contributed by atoms with Gasteiger partial charge in [0, 0.05) is 12.2 Å². The standard InChI is InChI=1S/C13H17FN4OS/c1-9(19)8-20-13-17-16-12(6-7-15)18(13)11-5-3-2-4-10(11)14/h2-5,9,19H,6-8,15H2,1H3/t9-/m1/s1. The van der Waals surface area contributed by atoms with E-state index in [1.165, 1.54) is 17.8 Å². The molecule has 1 aromatic carbocycles. The second kappa shape index (κ2) is 6.83. The van der Waals surface area contributed by atoms with Crippen LogP contribution in [-0.4, -0.2) is 38.3 Å². The lowest BCUT2D eigenvalue weighted by Crippen LogP contribution is -2.11. The molecule has 0 radical (unpaired) electrons. The second-order valence-corrected chi connectivity index (χ2v) is 5.37. The van der Waals surface area contributed by atoms with Crippen LogP contribution >= 0.6 is 11.8 Å². The number of hydrogen-bond donors (Lipinski definition) is 2. The number of benzene rings is 1. The molecular weight excluding hydrogens is 279 g/mol. The molecule has 0 saturated heterocycles. The third-order valence-corrected chi connectivity index (χ3v) is 3.79. The highest BCUT2D eigenvalue weighted by atomic mass is 32.2. The molecule has 1 heterocycles. The van der Waals surface area contributed by atoms with Crippen molar-refractivity contribution in [3.63, 3.8) is 0 Å². The normalized spacial score (nSPS) is 12.6. The Morgan fingerprint density at radius 2 is 2.15 bits per heavy atom. The highest BCUT2D eigenvalue weighted by Crippen LogP contribution is 2.24. The van der Waals surface area contributed by atoms with Crippen molar-refractivity contribution in [3.8, 4) is 5.69 Å². The largest absolute Gasteiger partial charge is 0.393 e. The molecule has 108 valence electrons.